The van der Waals surface area contributed by atoms with Crippen LogP contribution >= 0.6 is 27.7 Å². The first-order valence-corrected chi connectivity index (χ1v) is 7.98. The fourth-order valence-electron chi connectivity index (χ4n) is 1.99. The molecular weight excluding hydrogens is 318 g/mol. The SMILES string of the molecule is Cc1ccccc1SC(c1cccc(Br)c1)C(C)N. The Morgan fingerprint density at radius 1 is 1.11 bits per heavy atom. The number of hydrogen-bond donors (Lipinski definition) is 1. The van der Waals surface area contributed by atoms with Crippen molar-refractivity contribution in [3.63, 3.8) is 0 Å². The minimum atomic E-state index is 0.0962. The summed E-state index contributed by atoms with van der Waals surface area (Å²) in [6.07, 6.45) is 0. The van der Waals surface area contributed by atoms with Crippen molar-refractivity contribution in [3.8, 4) is 0 Å². The van der Waals surface area contributed by atoms with E-state index in [2.05, 4.69) is 72.2 Å². The van der Waals surface area contributed by atoms with Crippen LogP contribution in [0, 0.1) is 6.92 Å². The Labute approximate surface area is 127 Å². The molecule has 3 heteroatoms. The van der Waals surface area contributed by atoms with Crippen LogP contribution < -0.4 is 5.73 Å². The molecule has 0 amide bonds. The lowest BCUT2D eigenvalue weighted by Crippen LogP contribution is -2.22. The Kier molecular flexibility index (Phi) is 5.08. The van der Waals surface area contributed by atoms with Gasteiger partial charge in [0.15, 0.2) is 0 Å². The number of hydrogen-bond acceptors (Lipinski definition) is 2. The van der Waals surface area contributed by atoms with Crippen molar-refractivity contribution >= 4 is 27.7 Å². The van der Waals surface area contributed by atoms with Crippen molar-refractivity contribution < 1.29 is 0 Å². The molecule has 0 fully saturated rings. The van der Waals surface area contributed by atoms with E-state index in [1.54, 1.807) is 0 Å². The molecule has 2 rings (SSSR count). The van der Waals surface area contributed by atoms with Crippen LogP contribution in [0.3, 0.4) is 0 Å². The first kappa shape index (κ1) is 14.6. The van der Waals surface area contributed by atoms with E-state index < -0.39 is 0 Å². The molecule has 0 radical (unpaired) electrons. The molecule has 0 saturated heterocycles. The first-order chi connectivity index (χ1) is 9.08. The number of benzene rings is 2. The summed E-state index contributed by atoms with van der Waals surface area (Å²) in [6, 6.07) is 16.9. The maximum atomic E-state index is 6.18. The molecule has 0 bridgehead atoms. The van der Waals surface area contributed by atoms with Gasteiger partial charge in [-0.2, -0.15) is 0 Å². The lowest BCUT2D eigenvalue weighted by Gasteiger charge is -2.22. The predicted molar refractivity (Wildman–Crippen MR) is 87.6 cm³/mol. The summed E-state index contributed by atoms with van der Waals surface area (Å²) in [7, 11) is 0. The second kappa shape index (κ2) is 6.60. The van der Waals surface area contributed by atoms with Gasteiger partial charge in [0, 0.05) is 20.7 Å². The van der Waals surface area contributed by atoms with E-state index in [-0.39, 0.29) is 11.3 Å². The van der Waals surface area contributed by atoms with Crippen molar-refractivity contribution in [3.05, 3.63) is 64.1 Å². The lowest BCUT2D eigenvalue weighted by atomic mass is 10.1. The third kappa shape index (κ3) is 3.85. The number of thioether (sulfide) groups is 1. The largest absolute Gasteiger partial charge is 0.327 e. The van der Waals surface area contributed by atoms with Gasteiger partial charge in [0.25, 0.3) is 0 Å². The van der Waals surface area contributed by atoms with Crippen molar-refractivity contribution in [1.82, 2.24) is 0 Å². The smallest absolute Gasteiger partial charge is 0.0493 e. The molecule has 2 unspecified atom stereocenters. The van der Waals surface area contributed by atoms with E-state index in [0.29, 0.717) is 0 Å². The maximum Gasteiger partial charge on any atom is 0.0493 e. The van der Waals surface area contributed by atoms with Gasteiger partial charge in [-0.3, -0.25) is 0 Å². The van der Waals surface area contributed by atoms with Crippen molar-refractivity contribution in [2.24, 2.45) is 5.73 Å². The van der Waals surface area contributed by atoms with Gasteiger partial charge in [0.05, 0.1) is 0 Å². The van der Waals surface area contributed by atoms with Crippen LogP contribution in [0.2, 0.25) is 0 Å². The van der Waals surface area contributed by atoms with Gasteiger partial charge in [-0.1, -0.05) is 46.3 Å². The summed E-state index contributed by atoms with van der Waals surface area (Å²) in [5.74, 6) is 0. The molecule has 0 heterocycles. The molecule has 19 heavy (non-hydrogen) atoms. The molecule has 100 valence electrons. The molecule has 2 aromatic rings. The second-order valence-corrected chi connectivity index (χ2v) is 6.82. The fraction of sp³-hybridized carbons (Fsp3) is 0.250. The van der Waals surface area contributed by atoms with Crippen LogP contribution in [0.25, 0.3) is 0 Å². The van der Waals surface area contributed by atoms with Crippen LogP contribution in [0.4, 0.5) is 0 Å². The van der Waals surface area contributed by atoms with E-state index in [1.165, 1.54) is 16.0 Å². The van der Waals surface area contributed by atoms with Crippen molar-refractivity contribution in [2.75, 3.05) is 0 Å². The van der Waals surface area contributed by atoms with E-state index >= 15 is 0 Å². The summed E-state index contributed by atoms with van der Waals surface area (Å²) in [5, 5.41) is 0.263. The van der Waals surface area contributed by atoms with Gasteiger partial charge in [-0.25, -0.2) is 0 Å². The highest BCUT2D eigenvalue weighted by Crippen LogP contribution is 2.39. The lowest BCUT2D eigenvalue weighted by molar-refractivity contribution is 0.721. The van der Waals surface area contributed by atoms with Gasteiger partial charge in [-0.15, -0.1) is 11.8 Å². The zero-order valence-electron chi connectivity index (χ0n) is 11.1. The highest BCUT2D eigenvalue weighted by molar-refractivity contribution is 9.10. The summed E-state index contributed by atoms with van der Waals surface area (Å²) < 4.78 is 1.10. The van der Waals surface area contributed by atoms with Crippen molar-refractivity contribution in [1.29, 1.82) is 0 Å². The minimum Gasteiger partial charge on any atom is -0.327 e. The second-order valence-electron chi connectivity index (χ2n) is 4.72. The molecule has 0 aliphatic rings. The predicted octanol–water partition coefficient (Wildman–Crippen LogP) is 4.94. The summed E-state index contributed by atoms with van der Waals surface area (Å²) in [5.41, 5.74) is 8.74. The normalized spacial score (nSPS) is 14.1. The molecule has 0 aromatic heterocycles. The van der Waals surface area contributed by atoms with Gasteiger partial charge >= 0.3 is 0 Å². The van der Waals surface area contributed by atoms with Crippen LogP contribution in [-0.2, 0) is 0 Å². The molecular formula is C16H18BrNS. The Morgan fingerprint density at radius 2 is 1.84 bits per heavy atom. The van der Waals surface area contributed by atoms with Crippen LogP contribution in [0.15, 0.2) is 57.9 Å². The number of rotatable bonds is 4. The molecule has 0 aliphatic heterocycles. The topological polar surface area (TPSA) is 26.0 Å². The third-order valence-corrected chi connectivity index (χ3v) is 5.16. The summed E-state index contributed by atoms with van der Waals surface area (Å²) in [4.78, 5) is 1.30. The number of halogens is 1. The van der Waals surface area contributed by atoms with E-state index in [1.807, 2.05) is 17.8 Å². The first-order valence-electron chi connectivity index (χ1n) is 6.31. The number of nitrogens with two attached hydrogens (primary N) is 1. The quantitative estimate of drug-likeness (QED) is 0.801. The molecule has 1 nitrogen and oxygen atoms in total. The van der Waals surface area contributed by atoms with Crippen LogP contribution in [0.5, 0.6) is 0 Å². The fourth-order valence-corrected chi connectivity index (χ4v) is 3.59. The number of aryl methyl sites for hydroxylation is 1. The van der Waals surface area contributed by atoms with Crippen LogP contribution in [-0.4, -0.2) is 6.04 Å². The van der Waals surface area contributed by atoms with E-state index in [9.17, 15) is 0 Å². The highest BCUT2D eigenvalue weighted by Gasteiger charge is 2.18. The molecule has 2 atom stereocenters. The summed E-state index contributed by atoms with van der Waals surface area (Å²) >= 11 is 5.37. The zero-order valence-corrected chi connectivity index (χ0v) is 13.5. The summed E-state index contributed by atoms with van der Waals surface area (Å²) in [6.45, 7) is 4.21. The molecule has 0 aliphatic carbocycles. The Balaban J connectivity index is 2.29. The maximum absolute atomic E-state index is 6.18. The minimum absolute atomic E-state index is 0.0962. The van der Waals surface area contributed by atoms with Crippen molar-refractivity contribution in [2.45, 2.75) is 30.0 Å². The van der Waals surface area contributed by atoms with Gasteiger partial charge in [0.2, 0.25) is 0 Å². The average Bonchev–Trinajstić information content (AvgIpc) is 2.37. The van der Waals surface area contributed by atoms with Gasteiger partial charge in [-0.05, 0) is 43.2 Å². The third-order valence-electron chi connectivity index (χ3n) is 3.00. The standard InChI is InChI=1S/C16H18BrNS/c1-11-6-3-4-9-15(11)19-16(12(2)18)13-7-5-8-14(17)10-13/h3-10,12,16H,18H2,1-2H3. The molecule has 0 saturated carbocycles. The monoisotopic (exact) mass is 335 g/mol. The Hall–Kier alpha value is -0.770. The zero-order chi connectivity index (χ0) is 13.8. The highest BCUT2D eigenvalue weighted by atomic mass is 79.9. The van der Waals surface area contributed by atoms with Gasteiger partial charge in [0.1, 0.15) is 0 Å². The van der Waals surface area contributed by atoms with Crippen LogP contribution in [0.1, 0.15) is 23.3 Å². The molecule has 2 aromatic carbocycles. The Bertz CT molecular complexity index is 554. The van der Waals surface area contributed by atoms with E-state index in [4.69, 9.17) is 5.73 Å². The average molecular weight is 336 g/mol. The van der Waals surface area contributed by atoms with E-state index in [0.717, 1.165) is 4.47 Å². The molecule has 2 N–H and O–H groups in total. The Morgan fingerprint density at radius 3 is 2.47 bits per heavy atom. The van der Waals surface area contributed by atoms with Gasteiger partial charge < -0.3 is 5.73 Å². The molecule has 0 spiro atoms.